The number of anilines is 1. The maximum Gasteiger partial charge on any atom is 0.317 e. The van der Waals surface area contributed by atoms with Gasteiger partial charge in [0.15, 0.2) is 5.78 Å². The number of nitrogens with zero attached hydrogens (tertiary/aromatic N) is 1. The van der Waals surface area contributed by atoms with Gasteiger partial charge in [-0.1, -0.05) is 48.0 Å². The molecule has 1 aliphatic heterocycles. The van der Waals surface area contributed by atoms with Crippen LogP contribution >= 0.6 is 22.9 Å². The SMILES string of the molecule is CCOC(=O)C1C(=O)C2=C(CC1c1cccs1)N(c1ccccc1)C(=O)CC2c1cccc(Cl)c1. The van der Waals surface area contributed by atoms with E-state index in [0.717, 1.165) is 10.4 Å². The molecule has 0 saturated heterocycles. The summed E-state index contributed by atoms with van der Waals surface area (Å²) in [5.74, 6) is -2.73. The number of hydrogen-bond donors (Lipinski definition) is 0. The van der Waals surface area contributed by atoms with Crippen molar-refractivity contribution in [2.45, 2.75) is 31.6 Å². The van der Waals surface area contributed by atoms with Crippen molar-refractivity contribution in [3.8, 4) is 0 Å². The molecule has 0 radical (unpaired) electrons. The number of benzene rings is 2. The van der Waals surface area contributed by atoms with E-state index in [1.54, 1.807) is 24.0 Å². The lowest BCUT2D eigenvalue weighted by molar-refractivity contribution is -0.152. The largest absolute Gasteiger partial charge is 0.465 e. The zero-order valence-corrected chi connectivity index (χ0v) is 20.7. The van der Waals surface area contributed by atoms with Gasteiger partial charge in [0.25, 0.3) is 0 Å². The number of esters is 1. The summed E-state index contributed by atoms with van der Waals surface area (Å²) in [6, 6.07) is 20.5. The highest BCUT2D eigenvalue weighted by atomic mass is 35.5. The molecule has 5 rings (SSSR count). The zero-order chi connectivity index (χ0) is 24.5. The predicted octanol–water partition coefficient (Wildman–Crippen LogP) is 6.11. The fourth-order valence-corrected chi connectivity index (χ4v) is 6.25. The zero-order valence-electron chi connectivity index (χ0n) is 19.1. The molecule has 3 aromatic rings. The number of halogens is 1. The Bertz CT molecular complexity index is 1300. The van der Waals surface area contributed by atoms with E-state index < -0.39 is 23.7 Å². The molecule has 7 heteroatoms. The molecule has 2 aliphatic rings. The van der Waals surface area contributed by atoms with Gasteiger partial charge in [-0.15, -0.1) is 11.3 Å². The lowest BCUT2D eigenvalue weighted by atomic mass is 9.69. The van der Waals surface area contributed by atoms with Gasteiger partial charge in [0, 0.05) is 45.1 Å². The number of ether oxygens (including phenoxy) is 1. The molecular formula is C28H24ClNO4S. The van der Waals surface area contributed by atoms with E-state index in [-0.39, 0.29) is 24.7 Å². The molecule has 0 spiro atoms. The number of amides is 1. The number of carbonyl (C=O) groups excluding carboxylic acids is 3. The monoisotopic (exact) mass is 505 g/mol. The summed E-state index contributed by atoms with van der Waals surface area (Å²) in [5, 5.41) is 2.46. The highest BCUT2D eigenvalue weighted by molar-refractivity contribution is 7.10. The molecule has 0 fully saturated rings. The van der Waals surface area contributed by atoms with Crippen LogP contribution in [-0.2, 0) is 19.1 Å². The summed E-state index contributed by atoms with van der Waals surface area (Å²) in [6.45, 7) is 1.93. The first-order chi connectivity index (χ1) is 17.0. The summed E-state index contributed by atoms with van der Waals surface area (Å²) in [7, 11) is 0. The van der Waals surface area contributed by atoms with Crippen LogP contribution in [0.4, 0.5) is 5.69 Å². The number of allylic oxidation sites excluding steroid dienone is 2. The van der Waals surface area contributed by atoms with Crippen LogP contribution in [0, 0.1) is 5.92 Å². The minimum atomic E-state index is -0.958. The fraction of sp³-hybridized carbons (Fsp3) is 0.250. The van der Waals surface area contributed by atoms with Crippen molar-refractivity contribution in [1.82, 2.24) is 0 Å². The van der Waals surface area contributed by atoms with E-state index in [1.165, 1.54) is 11.3 Å². The Labute approximate surface area is 213 Å². The summed E-state index contributed by atoms with van der Waals surface area (Å²) in [4.78, 5) is 43.5. The minimum Gasteiger partial charge on any atom is -0.465 e. The Balaban J connectivity index is 1.72. The Kier molecular flexibility index (Phi) is 6.58. The van der Waals surface area contributed by atoms with Crippen LogP contribution in [0.15, 0.2) is 83.4 Å². The van der Waals surface area contributed by atoms with Gasteiger partial charge in [-0.25, -0.2) is 0 Å². The molecule has 0 saturated carbocycles. The van der Waals surface area contributed by atoms with E-state index in [1.807, 2.05) is 60.0 Å². The number of hydrogen-bond acceptors (Lipinski definition) is 5. The third kappa shape index (κ3) is 4.32. The van der Waals surface area contributed by atoms with Crippen molar-refractivity contribution in [2.24, 2.45) is 5.92 Å². The normalized spacial score (nSPS) is 22.2. The van der Waals surface area contributed by atoms with Gasteiger partial charge in [-0.2, -0.15) is 0 Å². The van der Waals surface area contributed by atoms with Crippen molar-refractivity contribution >= 4 is 46.3 Å². The Hall–Kier alpha value is -3.22. The number of ketones is 1. The minimum absolute atomic E-state index is 0.0905. The van der Waals surface area contributed by atoms with Gasteiger partial charge in [0.2, 0.25) is 5.91 Å². The molecule has 1 amide bonds. The van der Waals surface area contributed by atoms with Crippen LogP contribution in [0.3, 0.4) is 0 Å². The highest BCUT2D eigenvalue weighted by Gasteiger charge is 2.50. The van der Waals surface area contributed by atoms with Crippen molar-refractivity contribution < 1.29 is 19.1 Å². The average Bonchev–Trinajstić information content (AvgIpc) is 3.39. The van der Waals surface area contributed by atoms with Gasteiger partial charge in [-0.3, -0.25) is 19.3 Å². The molecule has 3 unspecified atom stereocenters. The molecule has 2 heterocycles. The smallest absolute Gasteiger partial charge is 0.317 e. The molecule has 0 bridgehead atoms. The summed E-state index contributed by atoms with van der Waals surface area (Å²) in [6.07, 6.45) is 0.488. The molecule has 178 valence electrons. The average molecular weight is 506 g/mol. The highest BCUT2D eigenvalue weighted by Crippen LogP contribution is 2.50. The number of carbonyl (C=O) groups is 3. The summed E-state index contributed by atoms with van der Waals surface area (Å²) >= 11 is 7.78. The third-order valence-electron chi connectivity index (χ3n) is 6.64. The molecule has 0 N–H and O–H groups in total. The summed E-state index contributed by atoms with van der Waals surface area (Å²) < 4.78 is 5.37. The Morgan fingerprint density at radius 1 is 1.06 bits per heavy atom. The lowest BCUT2D eigenvalue weighted by Gasteiger charge is -2.42. The first-order valence-electron chi connectivity index (χ1n) is 11.6. The van der Waals surface area contributed by atoms with Gasteiger partial charge >= 0.3 is 5.97 Å². The maximum atomic E-state index is 14.2. The van der Waals surface area contributed by atoms with Gasteiger partial charge in [-0.05, 0) is 54.6 Å². The maximum absolute atomic E-state index is 14.2. The standard InChI is InChI=1S/C28H24ClNO4S/c1-2-34-28(33)26-21(23-12-7-13-35-23)15-22-25(27(26)32)20(17-8-6-9-18(29)14-17)16-24(31)30(22)19-10-4-3-5-11-19/h3-14,20-21,26H,2,15-16H2,1H3. The molecular weight excluding hydrogens is 482 g/mol. The first kappa shape index (κ1) is 23.5. The number of para-hydroxylation sites is 1. The van der Waals surface area contributed by atoms with Crippen LogP contribution in [0.5, 0.6) is 0 Å². The van der Waals surface area contributed by atoms with Gasteiger partial charge in [0.05, 0.1) is 6.61 Å². The van der Waals surface area contributed by atoms with Crippen molar-refractivity contribution in [3.05, 3.63) is 98.8 Å². The van der Waals surface area contributed by atoms with E-state index in [4.69, 9.17) is 16.3 Å². The molecule has 3 atom stereocenters. The van der Waals surface area contributed by atoms with E-state index in [0.29, 0.717) is 28.4 Å². The number of thiophene rings is 1. The van der Waals surface area contributed by atoms with Crippen molar-refractivity contribution in [3.63, 3.8) is 0 Å². The summed E-state index contributed by atoms with van der Waals surface area (Å²) in [5.41, 5.74) is 2.65. The van der Waals surface area contributed by atoms with Crippen LogP contribution < -0.4 is 4.90 Å². The van der Waals surface area contributed by atoms with Gasteiger partial charge < -0.3 is 4.74 Å². The first-order valence-corrected chi connectivity index (χ1v) is 12.9. The quantitative estimate of drug-likeness (QED) is 0.310. The van der Waals surface area contributed by atoms with E-state index >= 15 is 0 Å². The molecule has 1 aromatic heterocycles. The number of Topliss-reactive ketones (excluding diaryl/α,β-unsaturated/α-hetero) is 1. The van der Waals surface area contributed by atoms with Crippen LogP contribution in [0.1, 0.15) is 42.0 Å². The second-order valence-electron chi connectivity index (χ2n) is 8.66. The Morgan fingerprint density at radius 3 is 2.54 bits per heavy atom. The second-order valence-corrected chi connectivity index (χ2v) is 10.1. The lowest BCUT2D eigenvalue weighted by Crippen LogP contribution is -2.46. The predicted molar refractivity (Wildman–Crippen MR) is 137 cm³/mol. The second kappa shape index (κ2) is 9.80. The van der Waals surface area contributed by atoms with Gasteiger partial charge in [0.1, 0.15) is 5.92 Å². The van der Waals surface area contributed by atoms with Crippen LogP contribution in [-0.4, -0.2) is 24.3 Å². The van der Waals surface area contributed by atoms with E-state index in [2.05, 4.69) is 0 Å². The molecule has 5 nitrogen and oxygen atoms in total. The van der Waals surface area contributed by atoms with E-state index in [9.17, 15) is 14.4 Å². The molecule has 1 aliphatic carbocycles. The Morgan fingerprint density at radius 2 is 1.86 bits per heavy atom. The number of rotatable bonds is 5. The molecule has 2 aromatic carbocycles. The third-order valence-corrected chi connectivity index (χ3v) is 7.87. The van der Waals surface area contributed by atoms with Crippen LogP contribution in [0.2, 0.25) is 5.02 Å². The van der Waals surface area contributed by atoms with Crippen molar-refractivity contribution in [1.29, 1.82) is 0 Å². The van der Waals surface area contributed by atoms with Crippen molar-refractivity contribution in [2.75, 3.05) is 11.5 Å². The molecule has 35 heavy (non-hydrogen) atoms. The fourth-order valence-electron chi connectivity index (χ4n) is 5.19. The topological polar surface area (TPSA) is 63.7 Å². The van der Waals surface area contributed by atoms with Crippen LogP contribution in [0.25, 0.3) is 0 Å².